The summed E-state index contributed by atoms with van der Waals surface area (Å²) in [6.45, 7) is 10.6. The van der Waals surface area contributed by atoms with Crippen LogP contribution in [-0.2, 0) is 25.5 Å². The van der Waals surface area contributed by atoms with Crippen LogP contribution in [0.1, 0.15) is 70.8 Å². The zero-order chi connectivity index (χ0) is 23.5. The minimum atomic E-state index is -0.989. The van der Waals surface area contributed by atoms with E-state index in [1.165, 1.54) is 38.5 Å². The standard InChI is InChI=1S/C19H28O2.C6H8O4/c1-4-5-6-7-8-9-10-13-17-14-11-12-15-18(17)21-19(20)16(2)3;1-2-6(9)10-4-3-5(7)8/h11-12,14-15H,2,4-10,13H2,1,3H3;2H,1,3-4H2,(H,7,8). The summed E-state index contributed by atoms with van der Waals surface area (Å²) in [4.78, 5) is 31.7. The molecule has 1 aromatic rings. The van der Waals surface area contributed by atoms with Gasteiger partial charge in [0.25, 0.3) is 0 Å². The molecule has 0 aliphatic heterocycles. The number of ether oxygens (including phenoxy) is 2. The number of carbonyl (C=O) groups is 3. The van der Waals surface area contributed by atoms with Crippen LogP contribution < -0.4 is 4.74 Å². The summed E-state index contributed by atoms with van der Waals surface area (Å²) in [5.41, 5.74) is 1.54. The highest BCUT2D eigenvalue weighted by atomic mass is 16.5. The van der Waals surface area contributed by atoms with Gasteiger partial charge in [0.1, 0.15) is 12.4 Å². The maximum Gasteiger partial charge on any atom is 0.338 e. The van der Waals surface area contributed by atoms with E-state index in [4.69, 9.17) is 9.84 Å². The lowest BCUT2D eigenvalue weighted by Crippen LogP contribution is -2.09. The number of carboxylic acids is 1. The Kier molecular flexibility index (Phi) is 16.3. The molecule has 0 heterocycles. The van der Waals surface area contributed by atoms with Gasteiger partial charge >= 0.3 is 17.9 Å². The van der Waals surface area contributed by atoms with Crippen LogP contribution >= 0.6 is 0 Å². The SMILES string of the molecule is C=C(C)C(=O)Oc1ccccc1CCCCCCCCC.C=CC(=O)OCCC(=O)O. The zero-order valence-electron chi connectivity index (χ0n) is 18.9. The Hall–Kier alpha value is -2.89. The molecular formula is C25H36O6. The summed E-state index contributed by atoms with van der Waals surface area (Å²) in [5, 5.41) is 8.08. The molecule has 1 rings (SSSR count). The second kappa shape index (κ2) is 17.9. The van der Waals surface area contributed by atoms with E-state index in [9.17, 15) is 14.4 Å². The van der Waals surface area contributed by atoms with Gasteiger partial charge < -0.3 is 14.6 Å². The molecule has 0 fully saturated rings. The molecule has 6 heteroatoms. The van der Waals surface area contributed by atoms with Gasteiger partial charge in [-0.1, -0.05) is 76.8 Å². The highest BCUT2D eigenvalue weighted by Gasteiger charge is 2.09. The lowest BCUT2D eigenvalue weighted by atomic mass is 10.0. The summed E-state index contributed by atoms with van der Waals surface area (Å²) in [6, 6.07) is 7.79. The number of benzene rings is 1. The van der Waals surface area contributed by atoms with Crippen molar-refractivity contribution in [3.63, 3.8) is 0 Å². The minimum absolute atomic E-state index is 0.0970. The van der Waals surface area contributed by atoms with Crippen molar-refractivity contribution >= 4 is 17.9 Å². The lowest BCUT2D eigenvalue weighted by Gasteiger charge is -2.10. The molecule has 172 valence electrons. The van der Waals surface area contributed by atoms with Crippen molar-refractivity contribution in [2.75, 3.05) is 6.61 Å². The molecule has 0 aromatic heterocycles. The number of aliphatic carboxylic acids is 1. The molecule has 0 spiro atoms. The molecule has 0 unspecified atom stereocenters. The van der Waals surface area contributed by atoms with Gasteiger partial charge in [0.05, 0.1) is 6.42 Å². The van der Waals surface area contributed by atoms with Crippen molar-refractivity contribution < 1.29 is 29.0 Å². The van der Waals surface area contributed by atoms with Gasteiger partial charge in [-0.3, -0.25) is 4.79 Å². The Bertz CT molecular complexity index is 708. The fourth-order valence-electron chi connectivity index (χ4n) is 2.57. The van der Waals surface area contributed by atoms with E-state index in [2.05, 4.69) is 24.8 Å². The van der Waals surface area contributed by atoms with E-state index < -0.39 is 11.9 Å². The number of aryl methyl sites for hydroxylation is 1. The predicted molar refractivity (Wildman–Crippen MR) is 122 cm³/mol. The van der Waals surface area contributed by atoms with Crippen LogP contribution in [0.4, 0.5) is 0 Å². The molecule has 0 aliphatic carbocycles. The van der Waals surface area contributed by atoms with E-state index >= 15 is 0 Å². The molecule has 31 heavy (non-hydrogen) atoms. The van der Waals surface area contributed by atoms with Crippen LogP contribution in [0.25, 0.3) is 0 Å². The molecule has 0 atom stereocenters. The normalized spacial score (nSPS) is 9.74. The Labute approximate surface area is 185 Å². The Morgan fingerprint density at radius 3 is 2.23 bits per heavy atom. The number of unbranched alkanes of at least 4 members (excludes halogenated alkanes) is 6. The van der Waals surface area contributed by atoms with Gasteiger partial charge in [0, 0.05) is 11.6 Å². The molecule has 0 radical (unpaired) electrons. The molecule has 6 nitrogen and oxygen atoms in total. The third kappa shape index (κ3) is 15.6. The molecule has 1 N–H and O–H groups in total. The van der Waals surface area contributed by atoms with Gasteiger partial charge in [-0.05, 0) is 31.4 Å². The van der Waals surface area contributed by atoms with Crippen molar-refractivity contribution in [3.8, 4) is 5.75 Å². The molecule has 0 saturated carbocycles. The quantitative estimate of drug-likeness (QED) is 0.177. The first-order chi connectivity index (χ1) is 14.8. The molecule has 0 bridgehead atoms. The van der Waals surface area contributed by atoms with Crippen molar-refractivity contribution in [2.45, 2.75) is 71.6 Å². The maximum absolute atomic E-state index is 11.6. The Balaban J connectivity index is 0.000000759. The molecule has 0 amide bonds. The minimum Gasteiger partial charge on any atom is -0.481 e. The second-order valence-electron chi connectivity index (χ2n) is 7.16. The van der Waals surface area contributed by atoms with Crippen LogP contribution in [-0.4, -0.2) is 29.6 Å². The van der Waals surface area contributed by atoms with Crippen molar-refractivity contribution in [2.24, 2.45) is 0 Å². The fourth-order valence-corrected chi connectivity index (χ4v) is 2.57. The molecule has 0 saturated heterocycles. The van der Waals surface area contributed by atoms with E-state index in [0.29, 0.717) is 11.3 Å². The predicted octanol–water partition coefficient (Wildman–Crippen LogP) is 5.65. The van der Waals surface area contributed by atoms with Gasteiger partial charge in [0.2, 0.25) is 0 Å². The van der Waals surface area contributed by atoms with E-state index in [1.807, 2.05) is 24.3 Å². The van der Waals surface area contributed by atoms with Gasteiger partial charge in [-0.25, -0.2) is 9.59 Å². The number of esters is 2. The lowest BCUT2D eigenvalue weighted by molar-refractivity contribution is -0.142. The average molecular weight is 433 g/mol. The first kappa shape index (κ1) is 28.1. The molecular weight excluding hydrogens is 396 g/mol. The maximum atomic E-state index is 11.6. The Morgan fingerprint density at radius 1 is 1.03 bits per heavy atom. The van der Waals surface area contributed by atoms with Crippen molar-refractivity contribution in [1.29, 1.82) is 0 Å². The number of carbonyl (C=O) groups excluding carboxylic acids is 2. The smallest absolute Gasteiger partial charge is 0.338 e. The van der Waals surface area contributed by atoms with Crippen molar-refractivity contribution in [3.05, 3.63) is 54.6 Å². The van der Waals surface area contributed by atoms with Gasteiger partial charge in [-0.15, -0.1) is 0 Å². The van der Waals surface area contributed by atoms with E-state index in [-0.39, 0.29) is 19.0 Å². The number of carboxylic acid groups (broad SMARTS) is 1. The fraction of sp³-hybridized carbons (Fsp3) is 0.480. The number of rotatable bonds is 14. The van der Waals surface area contributed by atoms with E-state index in [1.54, 1.807) is 6.92 Å². The van der Waals surface area contributed by atoms with E-state index in [0.717, 1.165) is 24.5 Å². The van der Waals surface area contributed by atoms with Crippen LogP contribution in [0.15, 0.2) is 49.1 Å². The number of para-hydroxylation sites is 1. The highest BCUT2D eigenvalue weighted by molar-refractivity contribution is 5.88. The summed E-state index contributed by atoms with van der Waals surface area (Å²) in [6.07, 6.45) is 10.8. The third-order valence-corrected chi connectivity index (χ3v) is 4.30. The number of hydrogen-bond acceptors (Lipinski definition) is 5. The van der Waals surface area contributed by atoms with Gasteiger partial charge in [-0.2, -0.15) is 0 Å². The monoisotopic (exact) mass is 432 g/mol. The average Bonchev–Trinajstić information content (AvgIpc) is 2.74. The largest absolute Gasteiger partial charge is 0.481 e. The summed E-state index contributed by atoms with van der Waals surface area (Å²) < 4.78 is 9.74. The third-order valence-electron chi connectivity index (χ3n) is 4.30. The first-order valence-corrected chi connectivity index (χ1v) is 10.8. The molecule has 0 aliphatic rings. The topological polar surface area (TPSA) is 89.9 Å². The summed E-state index contributed by atoms with van der Waals surface area (Å²) >= 11 is 0. The van der Waals surface area contributed by atoms with Crippen LogP contribution in [0, 0.1) is 0 Å². The second-order valence-corrected chi connectivity index (χ2v) is 7.16. The van der Waals surface area contributed by atoms with Crippen LogP contribution in [0.5, 0.6) is 5.75 Å². The van der Waals surface area contributed by atoms with Crippen molar-refractivity contribution in [1.82, 2.24) is 0 Å². The first-order valence-electron chi connectivity index (χ1n) is 10.8. The number of hydrogen-bond donors (Lipinski definition) is 1. The van der Waals surface area contributed by atoms with Gasteiger partial charge in [0.15, 0.2) is 0 Å². The molecule has 1 aromatic carbocycles. The summed E-state index contributed by atoms with van der Waals surface area (Å²) in [5.74, 6) is -1.25. The summed E-state index contributed by atoms with van der Waals surface area (Å²) in [7, 11) is 0. The van der Waals surface area contributed by atoms with Crippen LogP contribution in [0.3, 0.4) is 0 Å². The Morgan fingerprint density at radius 2 is 1.65 bits per heavy atom. The zero-order valence-corrected chi connectivity index (χ0v) is 18.9. The van der Waals surface area contributed by atoms with Crippen LogP contribution in [0.2, 0.25) is 0 Å². The highest BCUT2D eigenvalue weighted by Crippen LogP contribution is 2.21.